The molecule has 0 radical (unpaired) electrons. The lowest BCUT2D eigenvalue weighted by molar-refractivity contribution is 0.292. The molecule has 1 nitrogen and oxygen atoms in total. The van der Waals surface area contributed by atoms with Crippen LogP contribution < -0.4 is 0 Å². The van der Waals surface area contributed by atoms with Crippen molar-refractivity contribution in [2.75, 3.05) is 6.61 Å². The summed E-state index contributed by atoms with van der Waals surface area (Å²) < 4.78 is 0.376. The predicted molar refractivity (Wildman–Crippen MR) is 55.5 cm³/mol. The van der Waals surface area contributed by atoms with Gasteiger partial charge in [0.2, 0.25) is 0 Å². The lowest BCUT2D eigenvalue weighted by Gasteiger charge is -2.05. The quantitative estimate of drug-likeness (QED) is 0.538. The predicted octanol–water partition coefficient (Wildman–Crippen LogP) is 2.60. The fourth-order valence-corrected chi connectivity index (χ4v) is 2.47. The van der Waals surface area contributed by atoms with Gasteiger partial charge in [-0.05, 0) is 33.6 Å². The highest BCUT2D eigenvalue weighted by Crippen LogP contribution is 2.55. The van der Waals surface area contributed by atoms with Gasteiger partial charge >= 0.3 is 0 Å². The lowest BCUT2D eigenvalue weighted by atomic mass is 10.0. The highest BCUT2D eigenvalue weighted by atomic mass is 32.2. The minimum Gasteiger partial charge on any atom is -0.395 e. The van der Waals surface area contributed by atoms with Gasteiger partial charge in [-0.15, -0.1) is 11.8 Å². The second kappa shape index (κ2) is 3.84. The Kier molecular flexibility index (Phi) is 3.24. The molecule has 1 aliphatic rings. The molecule has 1 rings (SSSR count). The van der Waals surface area contributed by atoms with Crippen LogP contribution in [-0.2, 0) is 0 Å². The molecule has 2 atom stereocenters. The van der Waals surface area contributed by atoms with Crippen molar-refractivity contribution in [1.29, 1.82) is 0 Å². The van der Waals surface area contributed by atoms with Crippen LogP contribution in [0.4, 0.5) is 0 Å². The summed E-state index contributed by atoms with van der Waals surface area (Å²) in [7, 11) is 0. The van der Waals surface area contributed by atoms with Crippen LogP contribution in [0.15, 0.2) is 11.6 Å². The largest absolute Gasteiger partial charge is 0.395 e. The van der Waals surface area contributed by atoms with E-state index in [0.29, 0.717) is 16.6 Å². The smallest absolute Gasteiger partial charge is 0.0563 e. The van der Waals surface area contributed by atoms with Gasteiger partial charge in [0.05, 0.1) is 6.61 Å². The van der Waals surface area contributed by atoms with Crippen LogP contribution >= 0.6 is 11.8 Å². The molecule has 0 spiro atoms. The summed E-state index contributed by atoms with van der Waals surface area (Å²) in [6.07, 6.45) is 4.63. The molecular formula is C10H18OS. The van der Waals surface area contributed by atoms with Gasteiger partial charge in [-0.3, -0.25) is 0 Å². The average molecular weight is 186 g/mol. The molecule has 0 aromatic carbocycles. The highest BCUT2D eigenvalue weighted by molar-refractivity contribution is 8.08. The van der Waals surface area contributed by atoms with Crippen molar-refractivity contribution in [2.24, 2.45) is 0 Å². The Bertz CT molecular complexity index is 184. The van der Waals surface area contributed by atoms with Gasteiger partial charge in [0, 0.05) is 10.00 Å². The number of aliphatic hydroxyl groups excluding tert-OH is 1. The number of thioether (sulfide) groups is 1. The number of allylic oxidation sites excluding steroid dienone is 2. The van der Waals surface area contributed by atoms with E-state index < -0.39 is 0 Å². The van der Waals surface area contributed by atoms with Crippen molar-refractivity contribution in [3.8, 4) is 0 Å². The van der Waals surface area contributed by atoms with Gasteiger partial charge in [-0.1, -0.05) is 11.6 Å². The molecule has 2 unspecified atom stereocenters. The zero-order valence-electron chi connectivity index (χ0n) is 8.13. The zero-order chi connectivity index (χ0) is 9.19. The molecule has 0 aliphatic carbocycles. The first-order valence-corrected chi connectivity index (χ1v) is 5.38. The molecule has 2 heteroatoms. The molecule has 0 saturated carbocycles. The van der Waals surface area contributed by atoms with E-state index in [1.165, 1.54) is 12.0 Å². The molecule has 1 fully saturated rings. The Morgan fingerprint density at radius 3 is 2.67 bits per heavy atom. The molecular weight excluding hydrogens is 168 g/mol. The molecule has 1 saturated heterocycles. The van der Waals surface area contributed by atoms with Crippen LogP contribution in [0.2, 0.25) is 0 Å². The average Bonchev–Trinajstić information content (AvgIpc) is 2.61. The number of aliphatic hydroxyl groups is 1. The maximum absolute atomic E-state index is 8.91. The van der Waals surface area contributed by atoms with Crippen molar-refractivity contribution >= 4 is 11.8 Å². The number of hydrogen-bond acceptors (Lipinski definition) is 2. The van der Waals surface area contributed by atoms with Crippen LogP contribution in [0.1, 0.15) is 33.6 Å². The fraction of sp³-hybridized carbons (Fsp3) is 0.800. The molecule has 0 aromatic rings. The van der Waals surface area contributed by atoms with Crippen LogP contribution in [0, 0.1) is 0 Å². The Labute approximate surface area is 79.2 Å². The molecule has 0 amide bonds. The second-order valence-corrected chi connectivity index (χ2v) is 5.66. The standard InChI is InChI=1S/C10H18OS/c1-8(2)5-4-6-10(3)9(7-11)12-10/h5,9,11H,4,6-7H2,1-3H3. The van der Waals surface area contributed by atoms with Crippen molar-refractivity contribution < 1.29 is 5.11 Å². The third-order valence-corrected chi connectivity index (χ3v) is 4.12. The zero-order valence-corrected chi connectivity index (χ0v) is 8.95. The van der Waals surface area contributed by atoms with Crippen molar-refractivity contribution in [1.82, 2.24) is 0 Å². The molecule has 0 aromatic heterocycles. The summed E-state index contributed by atoms with van der Waals surface area (Å²) in [4.78, 5) is 0. The van der Waals surface area contributed by atoms with E-state index in [-0.39, 0.29) is 0 Å². The summed E-state index contributed by atoms with van der Waals surface area (Å²) in [6.45, 7) is 6.85. The first kappa shape index (κ1) is 10.1. The third kappa shape index (κ3) is 2.53. The Hall–Kier alpha value is 0.0500. The maximum Gasteiger partial charge on any atom is 0.0563 e. The minimum absolute atomic E-state index is 0.343. The van der Waals surface area contributed by atoms with Crippen molar-refractivity contribution in [2.45, 2.75) is 43.6 Å². The van der Waals surface area contributed by atoms with Crippen LogP contribution in [0.5, 0.6) is 0 Å². The van der Waals surface area contributed by atoms with E-state index in [4.69, 9.17) is 5.11 Å². The van der Waals surface area contributed by atoms with Gasteiger partial charge in [0.1, 0.15) is 0 Å². The van der Waals surface area contributed by atoms with E-state index in [9.17, 15) is 0 Å². The molecule has 70 valence electrons. The fourth-order valence-electron chi connectivity index (χ4n) is 1.39. The van der Waals surface area contributed by atoms with Crippen LogP contribution in [0.25, 0.3) is 0 Å². The Balaban J connectivity index is 2.21. The van der Waals surface area contributed by atoms with E-state index in [1.54, 1.807) is 0 Å². The Morgan fingerprint density at radius 2 is 2.25 bits per heavy atom. The van der Waals surface area contributed by atoms with E-state index in [2.05, 4.69) is 26.8 Å². The molecule has 1 aliphatic heterocycles. The molecule has 12 heavy (non-hydrogen) atoms. The molecule has 1 heterocycles. The Morgan fingerprint density at radius 1 is 1.58 bits per heavy atom. The first-order valence-electron chi connectivity index (χ1n) is 4.50. The molecule has 1 N–H and O–H groups in total. The second-order valence-electron chi connectivity index (χ2n) is 3.92. The van der Waals surface area contributed by atoms with Crippen LogP contribution in [0.3, 0.4) is 0 Å². The highest BCUT2D eigenvalue weighted by Gasteiger charge is 2.49. The topological polar surface area (TPSA) is 20.2 Å². The van der Waals surface area contributed by atoms with E-state index >= 15 is 0 Å². The van der Waals surface area contributed by atoms with Gasteiger partial charge in [0.25, 0.3) is 0 Å². The summed E-state index contributed by atoms with van der Waals surface area (Å²) in [6, 6.07) is 0. The summed E-state index contributed by atoms with van der Waals surface area (Å²) in [5, 5.41) is 9.42. The third-order valence-electron chi connectivity index (χ3n) is 2.39. The van der Waals surface area contributed by atoms with Gasteiger partial charge in [-0.25, -0.2) is 0 Å². The van der Waals surface area contributed by atoms with Gasteiger partial charge < -0.3 is 5.11 Å². The number of hydrogen-bond donors (Lipinski definition) is 1. The van der Waals surface area contributed by atoms with Crippen molar-refractivity contribution in [3.05, 3.63) is 11.6 Å². The minimum atomic E-state index is 0.343. The van der Waals surface area contributed by atoms with Crippen molar-refractivity contribution in [3.63, 3.8) is 0 Å². The maximum atomic E-state index is 8.91. The van der Waals surface area contributed by atoms with Gasteiger partial charge in [0.15, 0.2) is 0 Å². The van der Waals surface area contributed by atoms with Crippen LogP contribution in [-0.4, -0.2) is 21.7 Å². The number of rotatable bonds is 4. The van der Waals surface area contributed by atoms with E-state index in [1.807, 2.05) is 11.8 Å². The summed E-state index contributed by atoms with van der Waals surface area (Å²) in [5.41, 5.74) is 1.39. The first-order chi connectivity index (χ1) is 5.58. The van der Waals surface area contributed by atoms with E-state index in [0.717, 1.165) is 6.42 Å². The monoisotopic (exact) mass is 186 g/mol. The molecule has 0 bridgehead atoms. The van der Waals surface area contributed by atoms with Gasteiger partial charge in [-0.2, -0.15) is 0 Å². The SMILES string of the molecule is CC(C)=CCCC1(C)SC1CO. The lowest BCUT2D eigenvalue weighted by Crippen LogP contribution is -2.11. The normalized spacial score (nSPS) is 33.2. The summed E-state index contributed by atoms with van der Waals surface area (Å²) >= 11 is 1.91. The summed E-state index contributed by atoms with van der Waals surface area (Å²) in [5.74, 6) is 0.